The first-order valence-electron chi connectivity index (χ1n) is 13.7. The van der Waals surface area contributed by atoms with Crippen molar-refractivity contribution in [1.82, 2.24) is 19.5 Å². The molecule has 3 atom stereocenters. The van der Waals surface area contributed by atoms with Gasteiger partial charge >= 0.3 is 0 Å². The van der Waals surface area contributed by atoms with Gasteiger partial charge in [0, 0.05) is 35.8 Å². The number of thiophene rings is 1. The number of benzene rings is 2. The van der Waals surface area contributed by atoms with Crippen LogP contribution in [0, 0.1) is 0 Å². The van der Waals surface area contributed by atoms with Crippen molar-refractivity contribution in [3.8, 4) is 11.5 Å². The molecular formula is C31H28N4O6S2. The van der Waals surface area contributed by atoms with Gasteiger partial charge in [0.2, 0.25) is 15.9 Å². The van der Waals surface area contributed by atoms with Gasteiger partial charge in [-0.05, 0) is 66.4 Å². The van der Waals surface area contributed by atoms with Crippen LogP contribution in [0.2, 0.25) is 0 Å². The van der Waals surface area contributed by atoms with Gasteiger partial charge in [0.1, 0.15) is 28.5 Å². The first kappa shape index (κ1) is 28.7. The van der Waals surface area contributed by atoms with Crippen LogP contribution in [0.4, 0.5) is 0 Å². The number of fused-ring (bicyclic) bond motifs is 1. The van der Waals surface area contributed by atoms with Crippen LogP contribution in [0.3, 0.4) is 0 Å². The Morgan fingerprint density at radius 2 is 1.77 bits per heavy atom. The van der Waals surface area contributed by atoms with Crippen molar-refractivity contribution in [2.45, 2.75) is 35.9 Å². The summed E-state index contributed by atoms with van der Waals surface area (Å²) in [6.07, 6.45) is 3.27. The second-order valence-electron chi connectivity index (χ2n) is 10.3. The maximum atomic E-state index is 14.0. The van der Waals surface area contributed by atoms with E-state index < -0.39 is 40.0 Å². The highest BCUT2D eigenvalue weighted by molar-refractivity contribution is 7.89. The third kappa shape index (κ3) is 5.94. The number of sulfonamides is 1. The van der Waals surface area contributed by atoms with Gasteiger partial charge in [0.25, 0.3) is 5.91 Å². The van der Waals surface area contributed by atoms with E-state index in [0.29, 0.717) is 23.5 Å². The highest BCUT2D eigenvalue weighted by Crippen LogP contribution is 2.34. The molecule has 10 nitrogen and oxygen atoms in total. The van der Waals surface area contributed by atoms with E-state index in [-0.39, 0.29) is 30.2 Å². The summed E-state index contributed by atoms with van der Waals surface area (Å²) in [7, 11) is -3.98. The van der Waals surface area contributed by atoms with Gasteiger partial charge in [-0.3, -0.25) is 19.4 Å². The number of ether oxygens (including phenoxy) is 1. The minimum atomic E-state index is -3.98. The SMILES string of the molecule is O=C(NC(Cc1cccs1)C(=O)N1CCC2C1C(=O)CN2S(=O)(=O)c1cccnc1)c1ccc(Oc2ccccc2)cc1. The number of nitrogens with one attached hydrogen (secondary N) is 1. The number of Topliss-reactive ketones (excluding diaryl/α,β-unsaturated/α-hetero) is 1. The molecule has 2 amide bonds. The largest absolute Gasteiger partial charge is 0.457 e. The summed E-state index contributed by atoms with van der Waals surface area (Å²) in [4.78, 5) is 46.7. The molecule has 2 aliphatic heterocycles. The maximum Gasteiger partial charge on any atom is 0.251 e. The van der Waals surface area contributed by atoms with E-state index in [1.165, 1.54) is 45.1 Å². The molecule has 6 rings (SSSR count). The third-order valence-corrected chi connectivity index (χ3v) is 10.3. The fourth-order valence-electron chi connectivity index (χ4n) is 5.55. The summed E-state index contributed by atoms with van der Waals surface area (Å²) in [6, 6.07) is 20.0. The first-order valence-corrected chi connectivity index (χ1v) is 16.0. The molecule has 2 aromatic carbocycles. The minimum Gasteiger partial charge on any atom is -0.457 e. The number of ketones is 1. The predicted octanol–water partition coefficient (Wildman–Crippen LogP) is 3.52. The molecule has 2 saturated heterocycles. The summed E-state index contributed by atoms with van der Waals surface area (Å²) in [5.41, 5.74) is 0.342. The Morgan fingerprint density at radius 3 is 2.47 bits per heavy atom. The lowest BCUT2D eigenvalue weighted by atomic mass is 10.1. The van der Waals surface area contributed by atoms with Crippen molar-refractivity contribution >= 4 is 39.0 Å². The molecular weight excluding hydrogens is 588 g/mol. The highest BCUT2D eigenvalue weighted by atomic mass is 32.2. The van der Waals surface area contributed by atoms with E-state index >= 15 is 0 Å². The zero-order valence-electron chi connectivity index (χ0n) is 22.9. The Bertz CT molecular complexity index is 1720. The van der Waals surface area contributed by atoms with Crippen molar-refractivity contribution in [2.75, 3.05) is 13.1 Å². The van der Waals surface area contributed by atoms with Crippen molar-refractivity contribution < 1.29 is 27.5 Å². The van der Waals surface area contributed by atoms with E-state index in [4.69, 9.17) is 4.74 Å². The number of aromatic nitrogens is 1. The van der Waals surface area contributed by atoms with Gasteiger partial charge in [-0.1, -0.05) is 24.3 Å². The van der Waals surface area contributed by atoms with Gasteiger partial charge < -0.3 is 15.0 Å². The van der Waals surface area contributed by atoms with Gasteiger partial charge in [-0.25, -0.2) is 8.42 Å². The van der Waals surface area contributed by atoms with Crippen LogP contribution in [0.15, 0.2) is 102 Å². The summed E-state index contributed by atoms with van der Waals surface area (Å²) < 4.78 is 33.7. The number of carbonyl (C=O) groups is 3. The molecule has 0 saturated carbocycles. The number of likely N-dealkylation sites (tertiary alicyclic amines) is 1. The average molecular weight is 617 g/mol. The number of amides is 2. The molecule has 3 unspecified atom stereocenters. The van der Waals surface area contributed by atoms with E-state index in [9.17, 15) is 22.8 Å². The molecule has 4 aromatic rings. The number of rotatable bonds is 9. The number of carbonyl (C=O) groups excluding carboxylic acids is 3. The highest BCUT2D eigenvalue weighted by Gasteiger charge is 2.54. The third-order valence-electron chi connectivity index (χ3n) is 7.59. The Kier molecular flexibility index (Phi) is 8.06. The van der Waals surface area contributed by atoms with Crippen LogP contribution in [-0.2, 0) is 26.0 Å². The number of hydrogen-bond acceptors (Lipinski definition) is 8. The zero-order valence-corrected chi connectivity index (χ0v) is 24.5. The zero-order chi connectivity index (χ0) is 30.0. The smallest absolute Gasteiger partial charge is 0.251 e. The minimum absolute atomic E-state index is 0.00347. The van der Waals surface area contributed by atoms with Gasteiger partial charge in [0.15, 0.2) is 5.78 Å². The molecule has 0 spiro atoms. The van der Waals surface area contributed by atoms with Gasteiger partial charge in [-0.15, -0.1) is 11.3 Å². The number of nitrogens with zero attached hydrogens (tertiary/aromatic N) is 3. The Labute approximate surface area is 253 Å². The lowest BCUT2D eigenvalue weighted by Crippen LogP contribution is -2.53. The summed E-state index contributed by atoms with van der Waals surface area (Å²) in [6.45, 7) is -0.128. The van der Waals surface area contributed by atoms with E-state index in [1.807, 2.05) is 47.8 Å². The van der Waals surface area contributed by atoms with Crippen LogP contribution in [0.1, 0.15) is 21.7 Å². The molecule has 0 bridgehead atoms. The number of hydrogen-bond donors (Lipinski definition) is 1. The van der Waals surface area contributed by atoms with E-state index in [1.54, 1.807) is 24.3 Å². The van der Waals surface area contributed by atoms with Crippen molar-refractivity contribution in [1.29, 1.82) is 0 Å². The lowest BCUT2D eigenvalue weighted by molar-refractivity contribution is -0.138. The fourth-order valence-corrected chi connectivity index (χ4v) is 7.89. The quantitative estimate of drug-likeness (QED) is 0.305. The summed E-state index contributed by atoms with van der Waals surface area (Å²) >= 11 is 1.46. The van der Waals surface area contributed by atoms with Crippen molar-refractivity contribution in [3.63, 3.8) is 0 Å². The summed E-state index contributed by atoms with van der Waals surface area (Å²) in [5.74, 6) is 0.00214. The Morgan fingerprint density at radius 1 is 1.00 bits per heavy atom. The molecule has 0 aliphatic carbocycles. The fraction of sp³-hybridized carbons (Fsp3) is 0.226. The Hall–Kier alpha value is -4.39. The van der Waals surface area contributed by atoms with Crippen LogP contribution in [0.5, 0.6) is 11.5 Å². The second kappa shape index (κ2) is 12.1. The van der Waals surface area contributed by atoms with Crippen LogP contribution in [-0.4, -0.2) is 71.4 Å². The molecule has 2 aromatic heterocycles. The lowest BCUT2D eigenvalue weighted by Gasteiger charge is -2.28. The molecule has 12 heteroatoms. The van der Waals surface area contributed by atoms with E-state index in [0.717, 1.165) is 4.88 Å². The standard InChI is InChI=1S/C31H28N4O6S2/c36-28-20-35(43(39,40)25-9-4-15-32-19-25)27-14-16-34(29(27)28)31(38)26(18-24-8-5-17-42-24)33-30(37)21-10-12-23(13-11-21)41-22-6-2-1-3-7-22/h1-13,15,17,19,26-27,29H,14,16,18,20H2,(H,33,37). The number of pyridine rings is 1. The van der Waals surface area contributed by atoms with Gasteiger partial charge in [-0.2, -0.15) is 4.31 Å². The van der Waals surface area contributed by atoms with Crippen LogP contribution >= 0.6 is 11.3 Å². The van der Waals surface area contributed by atoms with Crippen LogP contribution < -0.4 is 10.1 Å². The van der Waals surface area contributed by atoms with Crippen LogP contribution in [0.25, 0.3) is 0 Å². The topological polar surface area (TPSA) is 126 Å². The van der Waals surface area contributed by atoms with Crippen molar-refractivity contribution in [2.24, 2.45) is 0 Å². The maximum absolute atomic E-state index is 14.0. The van der Waals surface area contributed by atoms with Crippen molar-refractivity contribution in [3.05, 3.63) is 107 Å². The average Bonchev–Trinajstić information content (AvgIpc) is 3.77. The molecule has 0 radical (unpaired) electrons. The molecule has 2 aliphatic rings. The molecule has 220 valence electrons. The first-order chi connectivity index (χ1) is 20.8. The monoisotopic (exact) mass is 616 g/mol. The van der Waals surface area contributed by atoms with E-state index in [2.05, 4.69) is 10.3 Å². The molecule has 43 heavy (non-hydrogen) atoms. The molecule has 1 N–H and O–H groups in total. The Balaban J connectivity index is 1.19. The van der Waals surface area contributed by atoms with Gasteiger partial charge in [0.05, 0.1) is 12.6 Å². The molecule has 2 fully saturated rings. The second-order valence-corrected chi connectivity index (χ2v) is 13.2. The summed E-state index contributed by atoms with van der Waals surface area (Å²) in [5, 5.41) is 4.75. The molecule has 4 heterocycles. The predicted molar refractivity (Wildman–Crippen MR) is 159 cm³/mol. The number of para-hydroxylation sites is 1. The normalized spacial score (nSPS) is 19.2.